The van der Waals surface area contributed by atoms with Crippen LogP contribution in [0.1, 0.15) is 32.6 Å². The molecule has 0 amide bonds. The van der Waals surface area contributed by atoms with Gasteiger partial charge in [-0.25, -0.2) is 15.0 Å². The molecule has 0 aliphatic heterocycles. The van der Waals surface area contributed by atoms with E-state index in [2.05, 4.69) is 36.2 Å². The zero-order valence-electron chi connectivity index (χ0n) is 14.5. The molecule has 138 valence electrons. The molecule has 0 radical (unpaired) electrons. The summed E-state index contributed by atoms with van der Waals surface area (Å²) in [5.74, 6) is 1.71. The van der Waals surface area contributed by atoms with Gasteiger partial charge in [0, 0.05) is 12.1 Å². The summed E-state index contributed by atoms with van der Waals surface area (Å²) in [4.78, 5) is 25.5. The van der Waals surface area contributed by atoms with E-state index < -0.39 is 0 Å². The molecule has 2 heterocycles. The van der Waals surface area contributed by atoms with Crippen LogP contribution in [0.4, 0.5) is 5.82 Å². The van der Waals surface area contributed by atoms with Gasteiger partial charge < -0.3 is 14.5 Å². The van der Waals surface area contributed by atoms with E-state index in [9.17, 15) is 4.79 Å². The van der Waals surface area contributed by atoms with E-state index in [1.165, 1.54) is 6.26 Å². The maximum atomic E-state index is 12.6. The quantitative estimate of drug-likeness (QED) is 0.582. The zero-order chi connectivity index (χ0) is 18.1. The SMILES string of the molecule is CCOC(=O)[C@H]1C2CCC(CC2)[C@@H]1Nc1cc(-c2ncco2)nc(Br)n1. The van der Waals surface area contributed by atoms with Crippen LogP contribution in [0.15, 0.2) is 27.7 Å². The molecule has 2 atom stereocenters. The Hall–Kier alpha value is -1.96. The Labute approximate surface area is 160 Å². The fraction of sp³-hybridized carbons (Fsp3) is 0.556. The Morgan fingerprint density at radius 3 is 2.77 bits per heavy atom. The monoisotopic (exact) mass is 420 g/mol. The first-order chi connectivity index (χ1) is 12.7. The predicted molar refractivity (Wildman–Crippen MR) is 98.2 cm³/mol. The predicted octanol–water partition coefficient (Wildman–Crippen LogP) is 3.67. The first kappa shape index (κ1) is 17.5. The molecule has 26 heavy (non-hydrogen) atoms. The van der Waals surface area contributed by atoms with Crippen LogP contribution < -0.4 is 5.32 Å². The van der Waals surface area contributed by atoms with Crippen molar-refractivity contribution in [2.75, 3.05) is 11.9 Å². The zero-order valence-corrected chi connectivity index (χ0v) is 16.1. The van der Waals surface area contributed by atoms with E-state index >= 15 is 0 Å². The summed E-state index contributed by atoms with van der Waals surface area (Å²) in [6.45, 7) is 2.26. The molecule has 3 aliphatic rings. The summed E-state index contributed by atoms with van der Waals surface area (Å²) in [6.07, 6.45) is 7.56. The van der Waals surface area contributed by atoms with Crippen LogP contribution in [-0.4, -0.2) is 33.6 Å². The minimum absolute atomic E-state index is 0.0285. The number of esters is 1. The molecule has 7 nitrogen and oxygen atoms in total. The van der Waals surface area contributed by atoms with Crippen molar-refractivity contribution in [1.82, 2.24) is 15.0 Å². The number of ether oxygens (including phenoxy) is 1. The summed E-state index contributed by atoms with van der Waals surface area (Å²) >= 11 is 3.35. The summed E-state index contributed by atoms with van der Waals surface area (Å²) in [5, 5.41) is 3.49. The van der Waals surface area contributed by atoms with Gasteiger partial charge in [-0.3, -0.25) is 4.79 Å². The van der Waals surface area contributed by atoms with Crippen molar-refractivity contribution < 1.29 is 13.9 Å². The molecule has 5 rings (SSSR count). The first-order valence-corrected chi connectivity index (χ1v) is 9.82. The van der Waals surface area contributed by atoms with Crippen molar-refractivity contribution in [3.05, 3.63) is 23.3 Å². The number of fused-ring (bicyclic) bond motifs is 3. The van der Waals surface area contributed by atoms with Gasteiger partial charge in [0.1, 0.15) is 17.8 Å². The van der Waals surface area contributed by atoms with Gasteiger partial charge in [-0.2, -0.15) is 0 Å². The topological polar surface area (TPSA) is 90.1 Å². The van der Waals surface area contributed by atoms with Crippen molar-refractivity contribution in [3.63, 3.8) is 0 Å². The van der Waals surface area contributed by atoms with Gasteiger partial charge in [-0.05, 0) is 60.4 Å². The number of rotatable bonds is 5. The second kappa shape index (κ2) is 7.34. The molecular weight excluding hydrogens is 400 g/mol. The number of halogens is 1. The lowest BCUT2D eigenvalue weighted by molar-refractivity contribution is -0.154. The largest absolute Gasteiger partial charge is 0.466 e. The standard InChI is InChI=1S/C18H21BrN4O3/c1-2-25-17(24)14-10-3-5-11(6-4-10)15(14)22-13-9-12(21-18(19)23-13)16-20-7-8-26-16/h7-11,14-15H,2-6H2,1H3,(H,21,22,23)/t10?,11?,14-,15-/m0/s1. The van der Waals surface area contributed by atoms with Gasteiger partial charge in [0.05, 0.1) is 18.7 Å². The molecule has 2 aromatic rings. The fourth-order valence-corrected chi connectivity index (χ4v) is 4.74. The molecule has 2 aromatic heterocycles. The van der Waals surface area contributed by atoms with Crippen LogP contribution in [0.2, 0.25) is 0 Å². The number of nitrogens with one attached hydrogen (secondary N) is 1. The smallest absolute Gasteiger partial charge is 0.311 e. The minimum Gasteiger partial charge on any atom is -0.466 e. The lowest BCUT2D eigenvalue weighted by Crippen LogP contribution is -2.52. The summed E-state index contributed by atoms with van der Waals surface area (Å²) < 4.78 is 11.1. The molecular formula is C18H21BrN4O3. The minimum atomic E-state index is -0.124. The number of nitrogens with zero attached hydrogens (tertiary/aromatic N) is 3. The summed E-state index contributed by atoms with van der Waals surface area (Å²) in [5.41, 5.74) is 0.591. The Bertz CT molecular complexity index is 775. The molecule has 2 bridgehead atoms. The third kappa shape index (κ3) is 3.34. The van der Waals surface area contributed by atoms with Crippen LogP contribution in [0.5, 0.6) is 0 Å². The van der Waals surface area contributed by atoms with Crippen molar-refractivity contribution in [1.29, 1.82) is 0 Å². The van der Waals surface area contributed by atoms with E-state index in [1.54, 1.807) is 12.3 Å². The average molecular weight is 421 g/mol. The summed E-state index contributed by atoms with van der Waals surface area (Å²) in [6, 6.07) is 1.84. The highest BCUT2D eigenvalue weighted by atomic mass is 79.9. The number of anilines is 1. The third-order valence-corrected chi connectivity index (χ3v) is 5.80. The highest BCUT2D eigenvalue weighted by molar-refractivity contribution is 9.10. The number of carbonyl (C=O) groups is 1. The van der Waals surface area contributed by atoms with E-state index in [-0.39, 0.29) is 17.9 Å². The highest BCUT2D eigenvalue weighted by Crippen LogP contribution is 2.46. The Morgan fingerprint density at radius 1 is 1.31 bits per heavy atom. The maximum Gasteiger partial charge on any atom is 0.311 e. The normalized spacial score (nSPS) is 27.3. The maximum absolute atomic E-state index is 12.6. The number of carbonyl (C=O) groups excluding carboxylic acids is 1. The van der Waals surface area contributed by atoms with Gasteiger partial charge in [-0.1, -0.05) is 0 Å². The Kier molecular flexibility index (Phi) is 4.93. The van der Waals surface area contributed by atoms with Crippen molar-refractivity contribution in [2.24, 2.45) is 17.8 Å². The van der Waals surface area contributed by atoms with Crippen LogP contribution in [0.3, 0.4) is 0 Å². The molecule has 3 aliphatic carbocycles. The Balaban J connectivity index is 1.61. The molecule has 0 aromatic carbocycles. The van der Waals surface area contributed by atoms with Gasteiger partial charge in [0.2, 0.25) is 5.89 Å². The lowest BCUT2D eigenvalue weighted by atomic mass is 9.61. The Morgan fingerprint density at radius 2 is 2.08 bits per heavy atom. The fourth-order valence-electron chi connectivity index (χ4n) is 4.36. The highest BCUT2D eigenvalue weighted by Gasteiger charge is 2.48. The van der Waals surface area contributed by atoms with Crippen LogP contribution >= 0.6 is 15.9 Å². The molecule has 3 fully saturated rings. The van der Waals surface area contributed by atoms with Crippen molar-refractivity contribution in [2.45, 2.75) is 38.6 Å². The number of hydrogen-bond acceptors (Lipinski definition) is 7. The van der Waals surface area contributed by atoms with E-state index in [0.29, 0.717) is 40.6 Å². The molecule has 3 saturated carbocycles. The van der Waals surface area contributed by atoms with Gasteiger partial charge in [-0.15, -0.1) is 0 Å². The second-order valence-corrected chi connectivity index (χ2v) is 7.58. The van der Waals surface area contributed by atoms with E-state index in [1.807, 2.05) is 6.92 Å². The van der Waals surface area contributed by atoms with E-state index in [4.69, 9.17) is 9.15 Å². The molecule has 0 unspecified atom stereocenters. The number of hydrogen-bond donors (Lipinski definition) is 1. The van der Waals surface area contributed by atoms with Crippen LogP contribution in [0.25, 0.3) is 11.6 Å². The number of oxazole rings is 1. The van der Waals surface area contributed by atoms with Gasteiger partial charge >= 0.3 is 5.97 Å². The second-order valence-electron chi connectivity index (χ2n) is 6.87. The van der Waals surface area contributed by atoms with Crippen LogP contribution in [0, 0.1) is 17.8 Å². The molecule has 8 heteroatoms. The number of aromatic nitrogens is 3. The summed E-state index contributed by atoms with van der Waals surface area (Å²) in [7, 11) is 0. The first-order valence-electron chi connectivity index (χ1n) is 9.03. The molecule has 1 N–H and O–H groups in total. The molecule has 0 saturated heterocycles. The van der Waals surface area contributed by atoms with Gasteiger partial charge in [0.15, 0.2) is 4.73 Å². The van der Waals surface area contributed by atoms with Crippen LogP contribution in [-0.2, 0) is 9.53 Å². The van der Waals surface area contributed by atoms with E-state index in [0.717, 1.165) is 25.7 Å². The molecule has 0 spiro atoms. The average Bonchev–Trinajstić information content (AvgIpc) is 3.17. The van der Waals surface area contributed by atoms with Crippen molar-refractivity contribution >= 4 is 27.7 Å². The third-order valence-electron chi connectivity index (χ3n) is 5.44. The lowest BCUT2D eigenvalue weighted by Gasteiger charge is -2.47. The van der Waals surface area contributed by atoms with Gasteiger partial charge in [0.25, 0.3) is 0 Å². The van der Waals surface area contributed by atoms with Crippen molar-refractivity contribution in [3.8, 4) is 11.6 Å².